The molecular weight excluding hydrogens is 291 g/mol. The molecule has 0 spiro atoms. The molecule has 1 atom stereocenters. The number of rotatable bonds is 4. The molecule has 1 aromatic rings. The highest BCUT2D eigenvalue weighted by Gasteiger charge is 2.18. The molecule has 0 saturated heterocycles. The SMILES string of the molecule is CC[C@H](NC(=O)Nc1cc(Cl)c(C)cc1Cl)C(=O)O. The van der Waals surface area contributed by atoms with Crippen LogP contribution < -0.4 is 10.6 Å². The second kappa shape index (κ2) is 6.63. The van der Waals surface area contributed by atoms with Gasteiger partial charge in [0.05, 0.1) is 10.7 Å². The van der Waals surface area contributed by atoms with Gasteiger partial charge in [-0.2, -0.15) is 0 Å². The zero-order chi connectivity index (χ0) is 14.6. The molecule has 0 saturated carbocycles. The molecule has 0 bridgehead atoms. The Hall–Kier alpha value is -1.46. The smallest absolute Gasteiger partial charge is 0.326 e. The molecule has 0 aliphatic heterocycles. The van der Waals surface area contributed by atoms with Crippen molar-refractivity contribution in [1.29, 1.82) is 0 Å². The maximum Gasteiger partial charge on any atom is 0.326 e. The first kappa shape index (κ1) is 15.6. The third-order valence-electron chi connectivity index (χ3n) is 2.51. The highest BCUT2D eigenvalue weighted by atomic mass is 35.5. The fraction of sp³-hybridized carbons (Fsp3) is 0.333. The third kappa shape index (κ3) is 4.29. The van der Waals surface area contributed by atoms with Crippen LogP contribution in [0.2, 0.25) is 10.0 Å². The van der Waals surface area contributed by atoms with Gasteiger partial charge in [0.1, 0.15) is 6.04 Å². The van der Waals surface area contributed by atoms with E-state index in [1.807, 2.05) is 0 Å². The van der Waals surface area contributed by atoms with Crippen LogP contribution in [0.4, 0.5) is 10.5 Å². The fourth-order valence-corrected chi connectivity index (χ4v) is 1.83. The van der Waals surface area contributed by atoms with Crippen molar-refractivity contribution < 1.29 is 14.7 Å². The number of hydrogen-bond donors (Lipinski definition) is 3. The second-order valence-corrected chi connectivity index (χ2v) is 4.79. The molecular formula is C12H14Cl2N2O3. The number of halogens is 2. The number of urea groups is 1. The van der Waals surface area contributed by atoms with Crippen LogP contribution in [0.25, 0.3) is 0 Å². The van der Waals surface area contributed by atoms with E-state index in [2.05, 4.69) is 10.6 Å². The van der Waals surface area contributed by atoms with Crippen LogP contribution in [0, 0.1) is 6.92 Å². The van der Waals surface area contributed by atoms with Crippen LogP contribution >= 0.6 is 23.2 Å². The molecule has 0 radical (unpaired) electrons. The van der Waals surface area contributed by atoms with Crippen molar-refractivity contribution in [2.24, 2.45) is 0 Å². The van der Waals surface area contributed by atoms with Crippen LogP contribution in [0.5, 0.6) is 0 Å². The summed E-state index contributed by atoms with van der Waals surface area (Å²) in [5, 5.41) is 14.4. The number of benzene rings is 1. The van der Waals surface area contributed by atoms with Gasteiger partial charge in [0, 0.05) is 5.02 Å². The van der Waals surface area contributed by atoms with E-state index in [0.717, 1.165) is 5.56 Å². The number of aryl methyl sites for hydroxylation is 1. The number of carboxylic acids is 1. The normalized spacial score (nSPS) is 11.8. The summed E-state index contributed by atoms with van der Waals surface area (Å²) < 4.78 is 0. The van der Waals surface area contributed by atoms with Gasteiger partial charge in [-0.1, -0.05) is 30.1 Å². The van der Waals surface area contributed by atoms with Crippen molar-refractivity contribution in [2.75, 3.05) is 5.32 Å². The van der Waals surface area contributed by atoms with Gasteiger partial charge in [0.25, 0.3) is 0 Å². The summed E-state index contributed by atoms with van der Waals surface area (Å²) in [6.45, 7) is 3.45. The molecule has 104 valence electrons. The maximum atomic E-state index is 11.6. The number of nitrogens with one attached hydrogen (secondary N) is 2. The Bertz CT molecular complexity index is 506. The Morgan fingerprint density at radius 3 is 2.47 bits per heavy atom. The fourth-order valence-electron chi connectivity index (χ4n) is 1.40. The predicted molar refractivity (Wildman–Crippen MR) is 75.1 cm³/mol. The second-order valence-electron chi connectivity index (χ2n) is 3.98. The quantitative estimate of drug-likeness (QED) is 0.798. The molecule has 0 heterocycles. The molecule has 5 nitrogen and oxygen atoms in total. The van der Waals surface area contributed by atoms with E-state index in [4.69, 9.17) is 28.3 Å². The zero-order valence-electron chi connectivity index (χ0n) is 10.5. The minimum Gasteiger partial charge on any atom is -0.480 e. The Kier molecular flexibility index (Phi) is 5.44. The van der Waals surface area contributed by atoms with Crippen molar-refractivity contribution in [1.82, 2.24) is 5.32 Å². The topological polar surface area (TPSA) is 78.4 Å². The lowest BCUT2D eigenvalue weighted by atomic mass is 10.2. The number of amides is 2. The first-order valence-electron chi connectivity index (χ1n) is 5.61. The van der Waals surface area contributed by atoms with E-state index in [-0.39, 0.29) is 6.42 Å². The van der Waals surface area contributed by atoms with Gasteiger partial charge in [-0.05, 0) is 31.0 Å². The molecule has 0 fully saturated rings. The van der Waals surface area contributed by atoms with Crippen LogP contribution in [0.3, 0.4) is 0 Å². The molecule has 0 aliphatic carbocycles. The summed E-state index contributed by atoms with van der Waals surface area (Å²) in [5.74, 6) is -1.09. The summed E-state index contributed by atoms with van der Waals surface area (Å²) in [6, 6.07) is 1.55. The van der Waals surface area contributed by atoms with Gasteiger partial charge < -0.3 is 15.7 Å². The first-order chi connectivity index (χ1) is 8.85. The average molecular weight is 305 g/mol. The van der Waals surface area contributed by atoms with Gasteiger partial charge in [-0.3, -0.25) is 0 Å². The lowest BCUT2D eigenvalue weighted by Crippen LogP contribution is -2.42. The molecule has 1 rings (SSSR count). The van der Waals surface area contributed by atoms with Crippen LogP contribution in [-0.4, -0.2) is 23.1 Å². The molecule has 0 aliphatic rings. The van der Waals surface area contributed by atoms with Crippen LogP contribution in [0.1, 0.15) is 18.9 Å². The summed E-state index contributed by atoms with van der Waals surface area (Å²) >= 11 is 11.9. The summed E-state index contributed by atoms with van der Waals surface area (Å²) in [7, 11) is 0. The molecule has 1 aromatic carbocycles. The van der Waals surface area contributed by atoms with Crippen LogP contribution in [0.15, 0.2) is 12.1 Å². The van der Waals surface area contributed by atoms with Gasteiger partial charge in [0.2, 0.25) is 0 Å². The third-order valence-corrected chi connectivity index (χ3v) is 3.23. The van der Waals surface area contributed by atoms with E-state index in [0.29, 0.717) is 15.7 Å². The van der Waals surface area contributed by atoms with Crippen molar-refractivity contribution in [3.8, 4) is 0 Å². The number of anilines is 1. The van der Waals surface area contributed by atoms with E-state index >= 15 is 0 Å². The molecule has 7 heteroatoms. The Labute approximate surface area is 120 Å². The van der Waals surface area contributed by atoms with Crippen molar-refractivity contribution in [2.45, 2.75) is 26.3 Å². The monoisotopic (exact) mass is 304 g/mol. The van der Waals surface area contributed by atoms with E-state index in [9.17, 15) is 9.59 Å². The van der Waals surface area contributed by atoms with Crippen molar-refractivity contribution in [3.63, 3.8) is 0 Å². The number of aliphatic carboxylic acids is 1. The summed E-state index contributed by atoms with van der Waals surface area (Å²) in [5.41, 5.74) is 1.12. The van der Waals surface area contributed by atoms with Gasteiger partial charge in [-0.15, -0.1) is 0 Å². The van der Waals surface area contributed by atoms with Crippen LogP contribution in [-0.2, 0) is 4.79 Å². The summed E-state index contributed by atoms with van der Waals surface area (Å²) in [4.78, 5) is 22.4. The lowest BCUT2D eigenvalue weighted by molar-refractivity contribution is -0.139. The zero-order valence-corrected chi connectivity index (χ0v) is 12.0. The predicted octanol–water partition coefficient (Wildman–Crippen LogP) is 3.29. The van der Waals surface area contributed by atoms with E-state index in [1.165, 1.54) is 6.07 Å². The van der Waals surface area contributed by atoms with E-state index < -0.39 is 18.0 Å². The van der Waals surface area contributed by atoms with Crippen molar-refractivity contribution in [3.05, 3.63) is 27.7 Å². The van der Waals surface area contributed by atoms with Gasteiger partial charge in [-0.25, -0.2) is 9.59 Å². The Morgan fingerprint density at radius 1 is 1.32 bits per heavy atom. The molecule has 19 heavy (non-hydrogen) atoms. The minimum atomic E-state index is -1.09. The summed E-state index contributed by atoms with van der Waals surface area (Å²) in [6.07, 6.45) is 0.283. The number of carbonyl (C=O) groups is 2. The van der Waals surface area contributed by atoms with Crippen molar-refractivity contribution >= 4 is 40.9 Å². The van der Waals surface area contributed by atoms with E-state index in [1.54, 1.807) is 19.9 Å². The number of hydrogen-bond acceptors (Lipinski definition) is 2. The number of carbonyl (C=O) groups excluding carboxylic acids is 1. The molecule has 0 aromatic heterocycles. The number of carboxylic acid groups (broad SMARTS) is 1. The first-order valence-corrected chi connectivity index (χ1v) is 6.36. The highest BCUT2D eigenvalue weighted by Crippen LogP contribution is 2.28. The Balaban J connectivity index is 2.77. The standard InChI is InChI=1S/C12H14Cl2N2O3/c1-3-9(11(17)18)15-12(19)16-10-5-7(13)6(2)4-8(10)14/h4-5,9H,3H2,1-2H3,(H,17,18)(H2,15,16,19)/t9-/m0/s1. The average Bonchev–Trinajstić information content (AvgIpc) is 2.32. The van der Waals surface area contributed by atoms with Gasteiger partial charge in [0.15, 0.2) is 0 Å². The Morgan fingerprint density at radius 2 is 1.95 bits per heavy atom. The molecule has 0 unspecified atom stereocenters. The minimum absolute atomic E-state index is 0.283. The molecule has 2 amide bonds. The lowest BCUT2D eigenvalue weighted by Gasteiger charge is -2.14. The van der Waals surface area contributed by atoms with Gasteiger partial charge >= 0.3 is 12.0 Å². The maximum absolute atomic E-state index is 11.6. The highest BCUT2D eigenvalue weighted by molar-refractivity contribution is 6.36. The molecule has 3 N–H and O–H groups in total. The largest absolute Gasteiger partial charge is 0.480 e.